The van der Waals surface area contributed by atoms with E-state index in [4.69, 9.17) is 0 Å². The smallest absolute Gasteiger partial charge is 0.0570 e. The lowest BCUT2D eigenvalue weighted by Crippen LogP contribution is -2.24. The maximum absolute atomic E-state index is 10.1. The van der Waals surface area contributed by atoms with E-state index in [0.29, 0.717) is 5.92 Å². The number of aryl methyl sites for hydroxylation is 1. The Morgan fingerprint density at radius 1 is 1.12 bits per heavy atom. The van der Waals surface area contributed by atoms with Crippen LogP contribution in [0.25, 0.3) is 0 Å². The van der Waals surface area contributed by atoms with Crippen molar-refractivity contribution in [2.45, 2.75) is 53.1 Å². The molecule has 0 aliphatic carbocycles. The average Bonchev–Trinajstić information content (AvgIpc) is 2.25. The number of aliphatic hydroxyl groups is 1. The van der Waals surface area contributed by atoms with Crippen LogP contribution in [0, 0.1) is 11.3 Å². The predicted molar refractivity (Wildman–Crippen MR) is 74.0 cm³/mol. The van der Waals surface area contributed by atoms with E-state index < -0.39 is 0 Å². The second-order valence-corrected chi connectivity index (χ2v) is 6.33. The maximum atomic E-state index is 10.1. The largest absolute Gasteiger partial charge is 0.393 e. The van der Waals surface area contributed by atoms with Crippen molar-refractivity contribution in [2.24, 2.45) is 11.3 Å². The standard InChI is InChI=1S/C16H26O/c1-13(15(17)12-16(2,3)4)10-11-14-8-6-5-7-9-14/h5-9,13,15,17H,10-12H2,1-4H3. The van der Waals surface area contributed by atoms with Crippen molar-refractivity contribution in [3.63, 3.8) is 0 Å². The van der Waals surface area contributed by atoms with Gasteiger partial charge in [0, 0.05) is 0 Å². The highest BCUT2D eigenvalue weighted by Crippen LogP contribution is 2.26. The van der Waals surface area contributed by atoms with Gasteiger partial charge in [-0.3, -0.25) is 0 Å². The Bertz CT molecular complexity index is 310. The molecule has 0 aliphatic rings. The minimum absolute atomic E-state index is 0.182. The van der Waals surface area contributed by atoms with E-state index in [9.17, 15) is 5.11 Å². The molecule has 1 rings (SSSR count). The van der Waals surface area contributed by atoms with Crippen molar-refractivity contribution in [2.75, 3.05) is 0 Å². The molecule has 1 heteroatoms. The SMILES string of the molecule is CC(CCc1ccccc1)C(O)CC(C)(C)C. The predicted octanol–water partition coefficient (Wildman–Crippen LogP) is 4.05. The fourth-order valence-corrected chi connectivity index (χ4v) is 2.06. The Balaban J connectivity index is 2.37. The quantitative estimate of drug-likeness (QED) is 0.815. The van der Waals surface area contributed by atoms with E-state index in [1.54, 1.807) is 0 Å². The summed E-state index contributed by atoms with van der Waals surface area (Å²) in [5, 5.41) is 10.1. The molecule has 1 nitrogen and oxygen atoms in total. The highest BCUT2D eigenvalue weighted by molar-refractivity contribution is 5.14. The molecule has 1 N–H and O–H groups in total. The summed E-state index contributed by atoms with van der Waals surface area (Å²) in [5.41, 5.74) is 1.57. The summed E-state index contributed by atoms with van der Waals surface area (Å²) in [6.07, 6.45) is 2.81. The normalized spacial score (nSPS) is 15.6. The molecule has 96 valence electrons. The highest BCUT2D eigenvalue weighted by atomic mass is 16.3. The van der Waals surface area contributed by atoms with E-state index in [0.717, 1.165) is 19.3 Å². The highest BCUT2D eigenvalue weighted by Gasteiger charge is 2.21. The Labute approximate surface area is 106 Å². The summed E-state index contributed by atoms with van der Waals surface area (Å²) in [4.78, 5) is 0. The maximum Gasteiger partial charge on any atom is 0.0570 e. The average molecular weight is 234 g/mol. The van der Waals surface area contributed by atoms with Crippen LogP contribution in [0.15, 0.2) is 30.3 Å². The summed E-state index contributed by atoms with van der Waals surface area (Å²) in [6, 6.07) is 10.5. The fourth-order valence-electron chi connectivity index (χ4n) is 2.06. The van der Waals surface area contributed by atoms with Gasteiger partial charge in [-0.1, -0.05) is 58.0 Å². The summed E-state index contributed by atoms with van der Waals surface area (Å²) in [6.45, 7) is 8.69. The lowest BCUT2D eigenvalue weighted by Gasteiger charge is -2.26. The lowest BCUT2D eigenvalue weighted by molar-refractivity contribution is 0.0698. The fraction of sp³-hybridized carbons (Fsp3) is 0.625. The molecular weight excluding hydrogens is 208 g/mol. The van der Waals surface area contributed by atoms with Crippen LogP contribution in [0.2, 0.25) is 0 Å². The van der Waals surface area contributed by atoms with Crippen LogP contribution < -0.4 is 0 Å². The van der Waals surface area contributed by atoms with E-state index >= 15 is 0 Å². The second kappa shape index (κ2) is 6.20. The summed E-state index contributed by atoms with van der Waals surface area (Å²) in [5.74, 6) is 0.370. The van der Waals surface area contributed by atoms with Crippen LogP contribution in [0.4, 0.5) is 0 Å². The van der Waals surface area contributed by atoms with E-state index in [-0.39, 0.29) is 11.5 Å². The van der Waals surface area contributed by atoms with E-state index in [1.165, 1.54) is 5.56 Å². The van der Waals surface area contributed by atoms with E-state index in [2.05, 4.69) is 52.0 Å². The van der Waals surface area contributed by atoms with Gasteiger partial charge in [0.15, 0.2) is 0 Å². The molecule has 2 unspecified atom stereocenters. The zero-order valence-corrected chi connectivity index (χ0v) is 11.6. The van der Waals surface area contributed by atoms with Crippen LogP contribution >= 0.6 is 0 Å². The Morgan fingerprint density at radius 3 is 2.24 bits per heavy atom. The first kappa shape index (κ1) is 14.2. The summed E-state index contributed by atoms with van der Waals surface area (Å²) in [7, 11) is 0. The molecule has 0 bridgehead atoms. The lowest BCUT2D eigenvalue weighted by atomic mass is 9.83. The first-order chi connectivity index (χ1) is 7.88. The Kier molecular flexibility index (Phi) is 5.20. The van der Waals surface area contributed by atoms with Gasteiger partial charge < -0.3 is 5.11 Å². The van der Waals surface area contributed by atoms with Gasteiger partial charge in [-0.15, -0.1) is 0 Å². The zero-order chi connectivity index (χ0) is 12.9. The third kappa shape index (κ3) is 5.88. The molecule has 0 radical (unpaired) electrons. The van der Waals surface area contributed by atoms with Gasteiger partial charge in [-0.2, -0.15) is 0 Å². The topological polar surface area (TPSA) is 20.2 Å². The van der Waals surface area contributed by atoms with Gasteiger partial charge in [-0.25, -0.2) is 0 Å². The first-order valence-electron chi connectivity index (χ1n) is 6.60. The van der Waals surface area contributed by atoms with Crippen molar-refractivity contribution in [1.82, 2.24) is 0 Å². The van der Waals surface area contributed by atoms with Crippen LogP contribution in [-0.2, 0) is 6.42 Å². The molecule has 17 heavy (non-hydrogen) atoms. The first-order valence-corrected chi connectivity index (χ1v) is 6.60. The summed E-state index contributed by atoms with van der Waals surface area (Å²) >= 11 is 0. The third-order valence-corrected chi connectivity index (χ3v) is 3.21. The Hall–Kier alpha value is -0.820. The van der Waals surface area contributed by atoms with Crippen LogP contribution in [-0.4, -0.2) is 11.2 Å². The molecule has 1 aromatic carbocycles. The van der Waals surface area contributed by atoms with Crippen molar-refractivity contribution in [3.8, 4) is 0 Å². The second-order valence-electron chi connectivity index (χ2n) is 6.33. The number of hydrogen-bond acceptors (Lipinski definition) is 1. The van der Waals surface area contributed by atoms with Crippen molar-refractivity contribution in [1.29, 1.82) is 0 Å². The van der Waals surface area contributed by atoms with Crippen LogP contribution in [0.3, 0.4) is 0 Å². The molecule has 0 saturated heterocycles. The molecule has 0 amide bonds. The van der Waals surface area contributed by atoms with E-state index in [1.807, 2.05) is 6.07 Å². The van der Waals surface area contributed by atoms with Crippen molar-refractivity contribution >= 4 is 0 Å². The van der Waals surface area contributed by atoms with Crippen LogP contribution in [0.1, 0.15) is 46.1 Å². The van der Waals surface area contributed by atoms with Gasteiger partial charge >= 0.3 is 0 Å². The minimum Gasteiger partial charge on any atom is -0.393 e. The molecule has 0 heterocycles. The van der Waals surface area contributed by atoms with Gasteiger partial charge in [0.05, 0.1) is 6.10 Å². The van der Waals surface area contributed by atoms with Gasteiger partial charge in [0.25, 0.3) is 0 Å². The molecule has 1 aromatic rings. The number of hydrogen-bond donors (Lipinski definition) is 1. The van der Waals surface area contributed by atoms with Crippen molar-refractivity contribution < 1.29 is 5.11 Å². The minimum atomic E-state index is -0.182. The number of benzene rings is 1. The zero-order valence-electron chi connectivity index (χ0n) is 11.6. The number of aliphatic hydroxyl groups excluding tert-OH is 1. The molecular formula is C16H26O. The van der Waals surface area contributed by atoms with Crippen molar-refractivity contribution in [3.05, 3.63) is 35.9 Å². The molecule has 0 fully saturated rings. The third-order valence-electron chi connectivity index (χ3n) is 3.21. The monoisotopic (exact) mass is 234 g/mol. The van der Waals surface area contributed by atoms with Crippen LogP contribution in [0.5, 0.6) is 0 Å². The van der Waals surface area contributed by atoms with Gasteiger partial charge in [-0.05, 0) is 36.2 Å². The Morgan fingerprint density at radius 2 is 1.71 bits per heavy atom. The molecule has 2 atom stereocenters. The number of rotatable bonds is 5. The molecule has 0 aromatic heterocycles. The summed E-state index contributed by atoms with van der Waals surface area (Å²) < 4.78 is 0. The van der Waals surface area contributed by atoms with Gasteiger partial charge in [0.2, 0.25) is 0 Å². The molecule has 0 spiro atoms. The van der Waals surface area contributed by atoms with Gasteiger partial charge in [0.1, 0.15) is 0 Å². The molecule has 0 aliphatic heterocycles. The molecule has 0 saturated carbocycles.